The zero-order valence-electron chi connectivity index (χ0n) is 25.1. The summed E-state index contributed by atoms with van der Waals surface area (Å²) < 4.78 is 6.41. The SMILES string of the molecule is c1ccc(-c2cccc3cccc(-c4ccccc4N(c4ccc5c(c4)oc4ccccc45)c4cccc5ccccc45)c23)cc1. The van der Waals surface area contributed by atoms with Crippen LogP contribution < -0.4 is 4.90 Å². The van der Waals surface area contributed by atoms with E-state index in [1.54, 1.807) is 0 Å². The first kappa shape index (κ1) is 26.3. The number of benzene rings is 8. The van der Waals surface area contributed by atoms with E-state index < -0.39 is 0 Å². The minimum Gasteiger partial charge on any atom is -0.456 e. The lowest BCUT2D eigenvalue weighted by Crippen LogP contribution is -2.11. The number of fused-ring (bicyclic) bond motifs is 5. The highest BCUT2D eigenvalue weighted by Crippen LogP contribution is 2.47. The lowest BCUT2D eigenvalue weighted by Gasteiger charge is -2.29. The molecule has 2 heteroatoms. The van der Waals surface area contributed by atoms with E-state index >= 15 is 0 Å². The Balaban J connectivity index is 1.34. The fourth-order valence-electron chi connectivity index (χ4n) is 6.99. The Kier molecular flexibility index (Phi) is 6.17. The topological polar surface area (TPSA) is 16.4 Å². The molecular weight excluding hydrogens is 558 g/mol. The molecule has 0 N–H and O–H groups in total. The highest BCUT2D eigenvalue weighted by atomic mass is 16.3. The number of rotatable bonds is 5. The number of anilines is 3. The zero-order chi connectivity index (χ0) is 30.5. The molecule has 216 valence electrons. The molecule has 0 aliphatic carbocycles. The molecule has 0 bridgehead atoms. The molecular formula is C44H29NO. The molecule has 0 unspecified atom stereocenters. The third-order valence-electron chi connectivity index (χ3n) is 9.05. The van der Waals surface area contributed by atoms with Crippen molar-refractivity contribution in [1.82, 2.24) is 0 Å². The van der Waals surface area contributed by atoms with Crippen LogP contribution in [0.15, 0.2) is 180 Å². The molecule has 0 aliphatic rings. The molecule has 2 nitrogen and oxygen atoms in total. The summed E-state index contributed by atoms with van der Waals surface area (Å²) in [6, 6.07) is 62.8. The fraction of sp³-hybridized carbons (Fsp3) is 0. The average Bonchev–Trinajstić information content (AvgIpc) is 3.50. The lowest BCUT2D eigenvalue weighted by molar-refractivity contribution is 0.669. The molecule has 46 heavy (non-hydrogen) atoms. The Hall–Kier alpha value is -6.12. The van der Waals surface area contributed by atoms with Crippen LogP contribution in [-0.2, 0) is 0 Å². The van der Waals surface area contributed by atoms with E-state index in [0.29, 0.717) is 0 Å². The van der Waals surface area contributed by atoms with Crippen molar-refractivity contribution in [3.63, 3.8) is 0 Å². The Bertz CT molecular complexity index is 2530. The van der Waals surface area contributed by atoms with Gasteiger partial charge in [0.1, 0.15) is 11.2 Å². The summed E-state index contributed by atoms with van der Waals surface area (Å²) in [4.78, 5) is 2.40. The van der Waals surface area contributed by atoms with Crippen LogP contribution in [0.1, 0.15) is 0 Å². The third kappa shape index (κ3) is 4.27. The van der Waals surface area contributed by atoms with Gasteiger partial charge in [-0.15, -0.1) is 0 Å². The van der Waals surface area contributed by atoms with Gasteiger partial charge in [0.2, 0.25) is 0 Å². The number of hydrogen-bond donors (Lipinski definition) is 0. The minimum absolute atomic E-state index is 0.873. The summed E-state index contributed by atoms with van der Waals surface area (Å²) in [6.45, 7) is 0. The summed E-state index contributed by atoms with van der Waals surface area (Å²) in [5.74, 6) is 0. The van der Waals surface area contributed by atoms with Crippen molar-refractivity contribution >= 4 is 60.5 Å². The van der Waals surface area contributed by atoms with Crippen molar-refractivity contribution in [2.24, 2.45) is 0 Å². The molecule has 1 heterocycles. The molecule has 0 radical (unpaired) electrons. The molecule has 0 amide bonds. The van der Waals surface area contributed by atoms with Crippen molar-refractivity contribution in [2.45, 2.75) is 0 Å². The van der Waals surface area contributed by atoms with E-state index in [1.165, 1.54) is 38.2 Å². The highest BCUT2D eigenvalue weighted by molar-refractivity contribution is 6.11. The number of hydrogen-bond acceptors (Lipinski definition) is 2. The molecule has 0 atom stereocenters. The van der Waals surface area contributed by atoms with Crippen LogP contribution >= 0.6 is 0 Å². The van der Waals surface area contributed by atoms with E-state index in [4.69, 9.17) is 4.42 Å². The first-order chi connectivity index (χ1) is 22.8. The van der Waals surface area contributed by atoms with E-state index in [-0.39, 0.29) is 0 Å². The maximum atomic E-state index is 6.41. The Morgan fingerprint density at radius 1 is 0.370 bits per heavy atom. The predicted molar refractivity (Wildman–Crippen MR) is 194 cm³/mol. The van der Waals surface area contributed by atoms with E-state index in [9.17, 15) is 0 Å². The fourth-order valence-corrected chi connectivity index (χ4v) is 6.99. The maximum Gasteiger partial charge on any atom is 0.137 e. The van der Waals surface area contributed by atoms with E-state index in [1.807, 2.05) is 12.1 Å². The van der Waals surface area contributed by atoms with Gasteiger partial charge in [-0.25, -0.2) is 0 Å². The molecule has 8 aromatic carbocycles. The molecule has 0 saturated carbocycles. The standard InChI is InChI=1S/C44H29NO/c1-2-13-31(14-3-1)35-22-10-17-32-18-11-23-39(44(32)35)36-20-6-8-24-41(36)45(40-25-12-16-30-15-4-5-19-34(30)40)33-27-28-38-37-21-7-9-26-42(37)46-43(38)29-33/h1-29H. The summed E-state index contributed by atoms with van der Waals surface area (Å²) in [5.41, 5.74) is 9.82. The second-order valence-corrected chi connectivity index (χ2v) is 11.7. The van der Waals surface area contributed by atoms with Crippen molar-refractivity contribution in [2.75, 3.05) is 4.90 Å². The van der Waals surface area contributed by atoms with Crippen LogP contribution in [0.5, 0.6) is 0 Å². The van der Waals surface area contributed by atoms with Gasteiger partial charge in [0.25, 0.3) is 0 Å². The monoisotopic (exact) mass is 587 g/mol. The van der Waals surface area contributed by atoms with Crippen molar-refractivity contribution < 1.29 is 4.42 Å². The van der Waals surface area contributed by atoms with Crippen LogP contribution in [0.25, 0.3) is 65.7 Å². The molecule has 0 spiro atoms. The number of nitrogens with zero attached hydrogens (tertiary/aromatic N) is 1. The Morgan fingerprint density at radius 3 is 1.87 bits per heavy atom. The molecule has 9 aromatic rings. The molecule has 0 aliphatic heterocycles. The first-order valence-corrected chi connectivity index (χ1v) is 15.7. The Labute approximate surface area is 267 Å². The minimum atomic E-state index is 0.873. The molecule has 0 fully saturated rings. The third-order valence-corrected chi connectivity index (χ3v) is 9.05. The number of para-hydroxylation sites is 2. The van der Waals surface area contributed by atoms with Gasteiger partial charge in [0.15, 0.2) is 0 Å². The van der Waals surface area contributed by atoms with Crippen LogP contribution in [0.4, 0.5) is 17.1 Å². The van der Waals surface area contributed by atoms with E-state index in [2.05, 4.69) is 169 Å². The summed E-state index contributed by atoms with van der Waals surface area (Å²) in [7, 11) is 0. The largest absolute Gasteiger partial charge is 0.456 e. The van der Waals surface area contributed by atoms with Gasteiger partial charge in [-0.05, 0) is 63.2 Å². The van der Waals surface area contributed by atoms with Crippen molar-refractivity contribution in [3.8, 4) is 22.3 Å². The summed E-state index contributed by atoms with van der Waals surface area (Å²) in [6.07, 6.45) is 0. The number of furan rings is 1. The smallest absolute Gasteiger partial charge is 0.137 e. The summed E-state index contributed by atoms with van der Waals surface area (Å²) >= 11 is 0. The maximum absolute atomic E-state index is 6.41. The quantitative estimate of drug-likeness (QED) is 0.199. The first-order valence-electron chi connectivity index (χ1n) is 15.7. The van der Waals surface area contributed by atoms with Crippen LogP contribution in [0.2, 0.25) is 0 Å². The lowest BCUT2D eigenvalue weighted by atomic mass is 9.90. The molecule has 9 rings (SSSR count). The average molecular weight is 588 g/mol. The van der Waals surface area contributed by atoms with Gasteiger partial charge >= 0.3 is 0 Å². The van der Waals surface area contributed by atoms with Crippen molar-refractivity contribution in [3.05, 3.63) is 176 Å². The molecule has 0 saturated heterocycles. The van der Waals surface area contributed by atoms with Gasteiger partial charge in [0.05, 0.1) is 11.4 Å². The van der Waals surface area contributed by atoms with Gasteiger partial charge < -0.3 is 9.32 Å². The predicted octanol–water partition coefficient (Wildman–Crippen LogP) is 12.7. The van der Waals surface area contributed by atoms with Gasteiger partial charge in [-0.2, -0.15) is 0 Å². The van der Waals surface area contributed by atoms with Gasteiger partial charge in [-0.1, -0.05) is 140 Å². The van der Waals surface area contributed by atoms with Crippen LogP contribution in [-0.4, -0.2) is 0 Å². The van der Waals surface area contributed by atoms with Crippen LogP contribution in [0, 0.1) is 0 Å². The highest BCUT2D eigenvalue weighted by Gasteiger charge is 2.22. The van der Waals surface area contributed by atoms with Gasteiger partial charge in [-0.3, -0.25) is 0 Å². The second-order valence-electron chi connectivity index (χ2n) is 11.7. The normalized spacial score (nSPS) is 11.5. The zero-order valence-corrected chi connectivity index (χ0v) is 25.1. The van der Waals surface area contributed by atoms with Crippen LogP contribution in [0.3, 0.4) is 0 Å². The summed E-state index contributed by atoms with van der Waals surface area (Å²) in [5, 5.41) is 7.09. The van der Waals surface area contributed by atoms with Gasteiger partial charge in [0, 0.05) is 33.5 Å². The van der Waals surface area contributed by atoms with Crippen molar-refractivity contribution in [1.29, 1.82) is 0 Å². The molecule has 1 aromatic heterocycles. The second kappa shape index (κ2) is 10.8. The van der Waals surface area contributed by atoms with E-state index in [0.717, 1.165) is 44.6 Å². The Morgan fingerprint density at radius 2 is 0.978 bits per heavy atom.